The molecule has 0 aromatic carbocycles. The lowest BCUT2D eigenvalue weighted by Crippen LogP contribution is -1.79. The van der Waals surface area contributed by atoms with Crippen molar-refractivity contribution in [2.45, 2.75) is 0 Å². The molecule has 9 heavy (non-hydrogen) atoms. The summed E-state index contributed by atoms with van der Waals surface area (Å²) in [4.78, 5) is 2.90. The summed E-state index contributed by atoms with van der Waals surface area (Å²) in [5, 5.41) is 0. The number of hydrogen-bond acceptors (Lipinski definition) is 1. The first-order chi connectivity index (χ1) is 4.34. The third-order valence-electron chi connectivity index (χ3n) is 1.17. The summed E-state index contributed by atoms with van der Waals surface area (Å²) in [5.74, 6) is 0.691. The fourth-order valence-electron chi connectivity index (χ4n) is 0.615. The lowest BCUT2D eigenvalue weighted by molar-refractivity contribution is 0.371. The molecule has 0 aliphatic heterocycles. The molecule has 1 rings (SSSR count). The number of hydrogen-bond donors (Lipinski definition) is 1. The van der Waals surface area contributed by atoms with Crippen LogP contribution in [-0.2, 0) is 4.74 Å². The summed E-state index contributed by atoms with van der Waals surface area (Å²) < 4.78 is 4.88. The van der Waals surface area contributed by atoms with Crippen molar-refractivity contribution in [2.75, 3.05) is 7.11 Å². The summed E-state index contributed by atoms with van der Waals surface area (Å²) in [6.45, 7) is 3.67. The SMILES string of the molecule is C=C(OC)c1cc[nH]c1. The molecular formula is C7H9NO. The number of rotatable bonds is 2. The summed E-state index contributed by atoms with van der Waals surface area (Å²) in [6, 6.07) is 1.91. The van der Waals surface area contributed by atoms with Gasteiger partial charge in [0.15, 0.2) is 0 Å². The van der Waals surface area contributed by atoms with Gasteiger partial charge in [-0.1, -0.05) is 6.58 Å². The molecule has 0 amide bonds. The van der Waals surface area contributed by atoms with E-state index in [0.29, 0.717) is 5.76 Å². The topological polar surface area (TPSA) is 25.0 Å². The fourth-order valence-corrected chi connectivity index (χ4v) is 0.615. The van der Waals surface area contributed by atoms with E-state index >= 15 is 0 Å². The molecule has 1 aromatic heterocycles. The summed E-state index contributed by atoms with van der Waals surface area (Å²) in [6.07, 6.45) is 3.67. The zero-order chi connectivity index (χ0) is 6.69. The van der Waals surface area contributed by atoms with Crippen molar-refractivity contribution in [1.29, 1.82) is 0 Å². The molecule has 0 bridgehead atoms. The Morgan fingerprint density at radius 1 is 1.78 bits per heavy atom. The molecule has 0 saturated heterocycles. The zero-order valence-corrected chi connectivity index (χ0v) is 5.35. The highest BCUT2D eigenvalue weighted by Gasteiger charge is 1.94. The second-order valence-electron chi connectivity index (χ2n) is 1.73. The van der Waals surface area contributed by atoms with Gasteiger partial charge in [0.05, 0.1) is 7.11 Å². The van der Waals surface area contributed by atoms with Crippen molar-refractivity contribution in [3.8, 4) is 0 Å². The molecule has 1 N–H and O–H groups in total. The number of aromatic amines is 1. The van der Waals surface area contributed by atoms with Gasteiger partial charge >= 0.3 is 0 Å². The Morgan fingerprint density at radius 3 is 3.00 bits per heavy atom. The van der Waals surface area contributed by atoms with Crippen molar-refractivity contribution in [1.82, 2.24) is 4.98 Å². The minimum atomic E-state index is 0.691. The Bertz CT molecular complexity index is 189. The maximum Gasteiger partial charge on any atom is 0.120 e. The molecule has 2 nitrogen and oxygen atoms in total. The van der Waals surface area contributed by atoms with E-state index in [2.05, 4.69) is 11.6 Å². The van der Waals surface area contributed by atoms with E-state index in [1.54, 1.807) is 7.11 Å². The van der Waals surface area contributed by atoms with Crippen molar-refractivity contribution in [3.63, 3.8) is 0 Å². The van der Waals surface area contributed by atoms with Gasteiger partial charge in [-0.25, -0.2) is 0 Å². The van der Waals surface area contributed by atoms with Gasteiger partial charge in [0, 0.05) is 18.0 Å². The van der Waals surface area contributed by atoms with E-state index in [-0.39, 0.29) is 0 Å². The first-order valence-corrected chi connectivity index (χ1v) is 2.70. The van der Waals surface area contributed by atoms with Crippen LogP contribution in [0.3, 0.4) is 0 Å². The van der Waals surface area contributed by atoms with Gasteiger partial charge in [-0.2, -0.15) is 0 Å². The van der Waals surface area contributed by atoms with Crippen LogP contribution in [0, 0.1) is 0 Å². The second-order valence-corrected chi connectivity index (χ2v) is 1.73. The van der Waals surface area contributed by atoms with Crippen molar-refractivity contribution in [2.24, 2.45) is 0 Å². The van der Waals surface area contributed by atoms with Crippen LogP contribution < -0.4 is 0 Å². The van der Waals surface area contributed by atoms with Gasteiger partial charge < -0.3 is 9.72 Å². The predicted octanol–water partition coefficient (Wildman–Crippen LogP) is 1.63. The molecule has 48 valence electrons. The standard InChI is InChI=1S/C7H9NO/c1-6(9-2)7-3-4-8-5-7/h3-5,8H,1H2,2H3. The van der Waals surface area contributed by atoms with Crippen LogP contribution in [0.5, 0.6) is 0 Å². The third kappa shape index (κ3) is 1.13. The van der Waals surface area contributed by atoms with Crippen LogP contribution in [0.1, 0.15) is 5.56 Å². The van der Waals surface area contributed by atoms with Crippen LogP contribution in [0.4, 0.5) is 0 Å². The van der Waals surface area contributed by atoms with Crippen LogP contribution in [0.25, 0.3) is 5.76 Å². The molecule has 0 atom stereocenters. The third-order valence-corrected chi connectivity index (χ3v) is 1.17. The normalized spacial score (nSPS) is 9.00. The van der Waals surface area contributed by atoms with Gasteiger partial charge in [-0.15, -0.1) is 0 Å². The van der Waals surface area contributed by atoms with Crippen LogP contribution >= 0.6 is 0 Å². The highest BCUT2D eigenvalue weighted by atomic mass is 16.5. The summed E-state index contributed by atoms with van der Waals surface area (Å²) in [5.41, 5.74) is 0.998. The molecule has 0 spiro atoms. The number of nitrogens with one attached hydrogen (secondary N) is 1. The van der Waals surface area contributed by atoms with Gasteiger partial charge in [-0.05, 0) is 6.07 Å². The average Bonchev–Trinajstić information content (AvgIpc) is 2.37. The van der Waals surface area contributed by atoms with E-state index in [4.69, 9.17) is 4.74 Å². The summed E-state index contributed by atoms with van der Waals surface area (Å²) in [7, 11) is 1.61. The van der Waals surface area contributed by atoms with Crippen molar-refractivity contribution < 1.29 is 4.74 Å². The lowest BCUT2D eigenvalue weighted by Gasteiger charge is -1.97. The average molecular weight is 123 g/mol. The molecule has 0 radical (unpaired) electrons. The monoisotopic (exact) mass is 123 g/mol. The van der Waals surface area contributed by atoms with Crippen LogP contribution in [0.2, 0.25) is 0 Å². The van der Waals surface area contributed by atoms with Crippen molar-refractivity contribution >= 4 is 5.76 Å². The quantitative estimate of drug-likeness (QED) is 0.594. The Kier molecular flexibility index (Phi) is 1.58. The maximum absolute atomic E-state index is 4.88. The minimum absolute atomic E-state index is 0.691. The molecule has 0 unspecified atom stereocenters. The molecule has 1 heterocycles. The molecule has 0 fully saturated rings. The number of methoxy groups -OCH3 is 1. The van der Waals surface area contributed by atoms with Gasteiger partial charge in [0.2, 0.25) is 0 Å². The predicted molar refractivity (Wildman–Crippen MR) is 36.8 cm³/mol. The first kappa shape index (κ1) is 5.95. The summed E-state index contributed by atoms with van der Waals surface area (Å²) >= 11 is 0. The van der Waals surface area contributed by atoms with Crippen molar-refractivity contribution in [3.05, 3.63) is 30.6 Å². The highest BCUT2D eigenvalue weighted by Crippen LogP contribution is 2.09. The Morgan fingerprint density at radius 2 is 2.56 bits per heavy atom. The maximum atomic E-state index is 4.88. The molecule has 0 aliphatic rings. The Balaban J connectivity index is 2.77. The molecule has 2 heteroatoms. The van der Waals surface area contributed by atoms with E-state index in [9.17, 15) is 0 Å². The van der Waals surface area contributed by atoms with Gasteiger partial charge in [0.1, 0.15) is 5.76 Å². The largest absolute Gasteiger partial charge is 0.497 e. The fraction of sp³-hybridized carbons (Fsp3) is 0.143. The minimum Gasteiger partial charge on any atom is -0.497 e. The van der Waals surface area contributed by atoms with E-state index in [1.807, 2.05) is 18.5 Å². The lowest BCUT2D eigenvalue weighted by atomic mass is 10.3. The van der Waals surface area contributed by atoms with E-state index in [1.165, 1.54) is 0 Å². The molecule has 1 aromatic rings. The first-order valence-electron chi connectivity index (χ1n) is 2.70. The molecule has 0 aliphatic carbocycles. The van der Waals surface area contributed by atoms with Gasteiger partial charge in [0.25, 0.3) is 0 Å². The number of H-pyrrole nitrogens is 1. The highest BCUT2D eigenvalue weighted by molar-refractivity contribution is 5.55. The van der Waals surface area contributed by atoms with E-state index in [0.717, 1.165) is 5.56 Å². The zero-order valence-electron chi connectivity index (χ0n) is 5.35. The molecular weight excluding hydrogens is 114 g/mol. The Labute approximate surface area is 54.2 Å². The van der Waals surface area contributed by atoms with Gasteiger partial charge in [-0.3, -0.25) is 0 Å². The van der Waals surface area contributed by atoms with Crippen LogP contribution in [-0.4, -0.2) is 12.1 Å². The Hall–Kier alpha value is -1.18. The smallest absolute Gasteiger partial charge is 0.120 e. The van der Waals surface area contributed by atoms with Crippen LogP contribution in [0.15, 0.2) is 25.0 Å². The number of ether oxygens (including phenoxy) is 1. The second kappa shape index (κ2) is 2.40. The van der Waals surface area contributed by atoms with E-state index < -0.39 is 0 Å². The molecule has 0 saturated carbocycles. The number of aromatic nitrogens is 1.